The predicted molar refractivity (Wildman–Crippen MR) is 141 cm³/mol. The van der Waals surface area contributed by atoms with E-state index in [1.165, 1.54) is 19.3 Å². The number of phenolic OH excluding ortho intramolecular Hbond substituents is 1. The topological polar surface area (TPSA) is 64.9 Å². The van der Waals surface area contributed by atoms with Gasteiger partial charge in [0.05, 0.1) is 22.7 Å². The molecule has 3 rings (SSSR count). The third kappa shape index (κ3) is 6.39. The van der Waals surface area contributed by atoms with E-state index in [4.69, 9.17) is 0 Å². The highest BCUT2D eigenvalue weighted by Gasteiger charge is 2.33. The molecular formula is C27H42BrN3O2. The first-order chi connectivity index (χ1) is 15.4. The van der Waals surface area contributed by atoms with Crippen LogP contribution in [-0.2, 0) is 10.8 Å². The fourth-order valence-corrected chi connectivity index (χ4v) is 5.69. The summed E-state index contributed by atoms with van der Waals surface area (Å²) in [6.45, 7) is 15.9. The molecule has 2 aliphatic heterocycles. The second kappa shape index (κ2) is 10.5. The van der Waals surface area contributed by atoms with Crippen molar-refractivity contribution in [3.05, 3.63) is 28.8 Å². The minimum absolute atomic E-state index is 0.0821. The van der Waals surface area contributed by atoms with Crippen molar-refractivity contribution in [3.8, 4) is 5.75 Å². The molecule has 0 radical (unpaired) electrons. The Hall–Kier alpha value is -1.40. The van der Waals surface area contributed by atoms with E-state index in [1.807, 2.05) is 12.1 Å². The molecule has 2 fully saturated rings. The number of Topliss-reactive ketones (excluding diaryl/α,β-unsaturated/α-hetero) is 1. The van der Waals surface area contributed by atoms with Crippen LogP contribution in [0.4, 0.5) is 0 Å². The van der Waals surface area contributed by atoms with Gasteiger partial charge in [-0.3, -0.25) is 4.79 Å². The van der Waals surface area contributed by atoms with Crippen LogP contribution in [-0.4, -0.2) is 47.8 Å². The average Bonchev–Trinajstić information content (AvgIpc) is 3.12. The minimum atomic E-state index is -0.254. The Morgan fingerprint density at radius 1 is 1.06 bits per heavy atom. The summed E-state index contributed by atoms with van der Waals surface area (Å²) in [5.74, 6) is 2.64. The molecule has 0 bridgehead atoms. The molecule has 0 saturated carbocycles. The van der Waals surface area contributed by atoms with Crippen LogP contribution < -0.4 is 5.32 Å². The van der Waals surface area contributed by atoms with Crippen LogP contribution in [0, 0.1) is 11.8 Å². The van der Waals surface area contributed by atoms with Crippen molar-refractivity contribution in [3.63, 3.8) is 0 Å². The zero-order chi connectivity index (χ0) is 24.4. The summed E-state index contributed by atoms with van der Waals surface area (Å²) in [6, 6.07) is 3.78. The molecule has 0 aromatic heterocycles. The number of nitrogens with one attached hydrogen (secondary N) is 1. The quantitative estimate of drug-likeness (QED) is 0.453. The highest BCUT2D eigenvalue weighted by atomic mass is 79.9. The number of amidine groups is 1. The maximum atomic E-state index is 13.4. The van der Waals surface area contributed by atoms with Crippen molar-refractivity contribution in [1.82, 2.24) is 10.2 Å². The molecule has 6 heteroatoms. The van der Waals surface area contributed by atoms with Gasteiger partial charge in [0.2, 0.25) is 0 Å². The zero-order valence-corrected chi connectivity index (χ0v) is 22.9. The molecule has 0 aliphatic carbocycles. The fourth-order valence-electron chi connectivity index (χ4n) is 5.18. The van der Waals surface area contributed by atoms with Crippen LogP contribution >= 0.6 is 16.1 Å². The van der Waals surface area contributed by atoms with Gasteiger partial charge >= 0.3 is 0 Å². The zero-order valence-electron chi connectivity index (χ0n) is 21.3. The van der Waals surface area contributed by atoms with Crippen LogP contribution in [0.1, 0.15) is 95.1 Å². The number of benzene rings is 1. The van der Waals surface area contributed by atoms with E-state index in [0.717, 1.165) is 55.4 Å². The third-order valence-corrected chi connectivity index (χ3v) is 7.65. The van der Waals surface area contributed by atoms with E-state index >= 15 is 0 Å². The van der Waals surface area contributed by atoms with Crippen molar-refractivity contribution in [1.29, 1.82) is 0 Å². The molecule has 1 aromatic rings. The van der Waals surface area contributed by atoms with Crippen LogP contribution in [0.3, 0.4) is 0 Å². The van der Waals surface area contributed by atoms with Gasteiger partial charge < -0.3 is 15.3 Å². The van der Waals surface area contributed by atoms with Gasteiger partial charge in [-0.25, -0.2) is 0 Å². The number of rotatable bonds is 6. The summed E-state index contributed by atoms with van der Waals surface area (Å²) >= 11 is 3.35. The van der Waals surface area contributed by atoms with E-state index in [-0.39, 0.29) is 16.6 Å². The Morgan fingerprint density at radius 3 is 2.15 bits per heavy atom. The number of aromatic hydroxyl groups is 1. The number of phenols is 1. The van der Waals surface area contributed by atoms with Crippen molar-refractivity contribution in [2.75, 3.05) is 26.2 Å². The molecule has 1 atom stereocenters. The van der Waals surface area contributed by atoms with Crippen LogP contribution in [0.2, 0.25) is 0 Å². The molecule has 184 valence electrons. The molecule has 2 heterocycles. The summed E-state index contributed by atoms with van der Waals surface area (Å²) in [5, 5.41) is 14.4. The Labute approximate surface area is 208 Å². The van der Waals surface area contributed by atoms with Crippen LogP contribution in [0.25, 0.3) is 0 Å². The minimum Gasteiger partial charge on any atom is -0.507 e. The van der Waals surface area contributed by atoms with Gasteiger partial charge in [-0.15, -0.1) is 0 Å². The maximum Gasteiger partial charge on any atom is 0.182 e. The number of likely N-dealkylation sites (tertiary alicyclic amines) is 1. The number of carbonyl (C=O) groups excluding carboxylic acids is 1. The standard InChI is InChI=1S/C27H42BrN3O2/c1-26(2,3)21-15-20(16-22(24(21)33)27(4,5)6)23(32)17-31-14-11-19(25(31)30-28)8-7-18-9-12-29-13-10-18/h15-16,18-19,29,33H,7-14,17H2,1-6H3. The molecule has 0 amide bonds. The van der Waals surface area contributed by atoms with E-state index in [0.29, 0.717) is 23.8 Å². The van der Waals surface area contributed by atoms with Gasteiger partial charge in [-0.05, 0) is 74.1 Å². The van der Waals surface area contributed by atoms with Gasteiger partial charge in [-0.2, -0.15) is 4.02 Å². The van der Waals surface area contributed by atoms with Gasteiger partial charge in [0.1, 0.15) is 11.6 Å². The lowest BCUT2D eigenvalue weighted by Gasteiger charge is -2.28. The molecule has 5 nitrogen and oxygen atoms in total. The Balaban J connectivity index is 1.75. The normalized spacial score (nSPS) is 21.7. The van der Waals surface area contributed by atoms with Crippen LogP contribution in [0.15, 0.2) is 16.2 Å². The summed E-state index contributed by atoms with van der Waals surface area (Å²) in [7, 11) is 0. The fraction of sp³-hybridized carbons (Fsp3) is 0.704. The molecule has 1 aromatic carbocycles. The van der Waals surface area contributed by atoms with Gasteiger partial charge in [0.25, 0.3) is 0 Å². The van der Waals surface area contributed by atoms with Crippen molar-refractivity contribution >= 4 is 27.8 Å². The molecule has 0 spiro atoms. The lowest BCUT2D eigenvalue weighted by molar-refractivity contribution is 0.0966. The van der Waals surface area contributed by atoms with Gasteiger partial charge in [0.15, 0.2) is 5.78 Å². The van der Waals surface area contributed by atoms with Crippen molar-refractivity contribution in [2.45, 2.75) is 84.5 Å². The molecule has 33 heavy (non-hydrogen) atoms. The summed E-state index contributed by atoms with van der Waals surface area (Å²) in [4.78, 5) is 15.6. The number of nitrogens with zero attached hydrogens (tertiary/aromatic N) is 2. The van der Waals surface area contributed by atoms with Crippen molar-refractivity contribution in [2.24, 2.45) is 15.9 Å². The van der Waals surface area contributed by atoms with E-state index in [2.05, 4.69) is 71.9 Å². The van der Waals surface area contributed by atoms with Crippen LogP contribution in [0.5, 0.6) is 5.75 Å². The first kappa shape index (κ1) is 26.2. The third-order valence-electron chi connectivity index (χ3n) is 7.29. The molecule has 1 unspecified atom stereocenters. The number of ketones is 1. The number of halogens is 1. The number of piperidine rings is 1. The summed E-state index contributed by atoms with van der Waals surface area (Å²) < 4.78 is 4.44. The molecule has 2 saturated heterocycles. The predicted octanol–water partition coefficient (Wildman–Crippen LogP) is 5.98. The summed E-state index contributed by atoms with van der Waals surface area (Å²) in [6.07, 6.45) is 5.97. The smallest absolute Gasteiger partial charge is 0.182 e. The lowest BCUT2D eigenvalue weighted by Crippen LogP contribution is -2.33. The van der Waals surface area contributed by atoms with Crippen molar-refractivity contribution < 1.29 is 9.90 Å². The molecule has 2 N–H and O–H groups in total. The highest BCUT2D eigenvalue weighted by molar-refractivity contribution is 9.08. The number of carbonyl (C=O) groups is 1. The van der Waals surface area contributed by atoms with Gasteiger partial charge in [0, 0.05) is 29.2 Å². The number of hydrogen-bond acceptors (Lipinski definition) is 4. The van der Waals surface area contributed by atoms with Gasteiger partial charge in [-0.1, -0.05) is 41.5 Å². The maximum absolute atomic E-state index is 13.4. The lowest BCUT2D eigenvalue weighted by atomic mass is 9.78. The second-order valence-corrected chi connectivity index (χ2v) is 12.3. The average molecular weight is 521 g/mol. The highest BCUT2D eigenvalue weighted by Crippen LogP contribution is 2.40. The van der Waals surface area contributed by atoms with E-state index in [9.17, 15) is 9.90 Å². The first-order valence-corrected chi connectivity index (χ1v) is 13.2. The molecule has 2 aliphatic rings. The summed E-state index contributed by atoms with van der Waals surface area (Å²) in [5.41, 5.74) is 1.82. The number of hydrogen-bond donors (Lipinski definition) is 2. The van der Waals surface area contributed by atoms with E-state index < -0.39 is 0 Å². The second-order valence-electron chi connectivity index (χ2n) is 12.0. The molecular weight excluding hydrogens is 478 g/mol. The Kier molecular flexibility index (Phi) is 8.32. The monoisotopic (exact) mass is 519 g/mol. The SMILES string of the molecule is CC(C)(C)c1cc(C(=O)CN2CCC(CCC3CCNCC3)C2=NBr)cc(C(C)(C)C)c1O. The Bertz CT molecular complexity index is 841. The largest absolute Gasteiger partial charge is 0.507 e. The first-order valence-electron chi connectivity index (χ1n) is 12.5. The Morgan fingerprint density at radius 2 is 1.64 bits per heavy atom. The van der Waals surface area contributed by atoms with E-state index in [1.54, 1.807) is 0 Å².